The molecule has 0 saturated heterocycles. The van der Waals surface area contributed by atoms with E-state index in [1.54, 1.807) is 0 Å². The molecular weight excluding hydrogens is 496 g/mol. The molecule has 1 aromatic carbocycles. The Morgan fingerprint density at radius 3 is 2.15 bits per heavy atom. The summed E-state index contributed by atoms with van der Waals surface area (Å²) in [7, 11) is 4.17. The van der Waals surface area contributed by atoms with Gasteiger partial charge < -0.3 is 19.5 Å². The zero-order valence-corrected chi connectivity index (χ0v) is 24.5. The molecule has 2 saturated carbocycles. The molecule has 2 aliphatic carbocycles. The highest BCUT2D eigenvalue weighted by Crippen LogP contribution is 2.38. The summed E-state index contributed by atoms with van der Waals surface area (Å²) in [5.74, 6) is -1.78. The summed E-state index contributed by atoms with van der Waals surface area (Å²) in [4.78, 5) is 42.5. The van der Waals surface area contributed by atoms with Crippen LogP contribution in [0.1, 0.15) is 90.5 Å². The number of ether oxygens (including phenoxy) is 2. The number of likely N-dealkylation sites (N-methyl/N-ethyl adjacent to an activating group) is 1. The van der Waals surface area contributed by atoms with Crippen LogP contribution in [-0.4, -0.2) is 77.4 Å². The molecule has 2 aliphatic rings. The van der Waals surface area contributed by atoms with Gasteiger partial charge in [-0.2, -0.15) is 0 Å². The van der Waals surface area contributed by atoms with Crippen LogP contribution >= 0.6 is 0 Å². The van der Waals surface area contributed by atoms with Gasteiger partial charge in [-0.05, 0) is 82.9 Å². The number of rotatable bonds is 10. The average molecular weight is 545 g/mol. The van der Waals surface area contributed by atoms with Gasteiger partial charge in [-0.1, -0.05) is 57.5 Å². The number of carboxylic acid groups (broad SMARTS) is 1. The minimum absolute atomic E-state index is 0.0997. The number of esters is 1. The first-order valence-corrected chi connectivity index (χ1v) is 14.5. The second-order valence-electron chi connectivity index (χ2n) is 12.8. The molecule has 39 heavy (non-hydrogen) atoms. The van der Waals surface area contributed by atoms with E-state index in [0.29, 0.717) is 12.8 Å². The van der Waals surface area contributed by atoms with Gasteiger partial charge in [0.2, 0.25) is 0 Å². The number of carbonyl (C=O) groups is 3. The molecule has 0 radical (unpaired) electrons. The Bertz CT molecular complexity index is 944. The van der Waals surface area contributed by atoms with Gasteiger partial charge in [0.05, 0.1) is 13.0 Å². The molecule has 0 heterocycles. The van der Waals surface area contributed by atoms with Crippen LogP contribution in [0.15, 0.2) is 30.3 Å². The van der Waals surface area contributed by atoms with Crippen molar-refractivity contribution in [1.29, 1.82) is 0 Å². The summed E-state index contributed by atoms with van der Waals surface area (Å²) in [6, 6.07) is 8.68. The molecule has 1 atom stereocenters. The Morgan fingerprint density at radius 1 is 1.00 bits per heavy atom. The monoisotopic (exact) mass is 544 g/mol. The van der Waals surface area contributed by atoms with Gasteiger partial charge in [-0.3, -0.25) is 9.69 Å². The third-order valence-electron chi connectivity index (χ3n) is 8.27. The third-order valence-corrected chi connectivity index (χ3v) is 8.27. The van der Waals surface area contributed by atoms with Gasteiger partial charge >= 0.3 is 18.0 Å². The molecule has 0 bridgehead atoms. The van der Waals surface area contributed by atoms with Gasteiger partial charge in [-0.25, -0.2) is 9.59 Å². The van der Waals surface area contributed by atoms with Crippen molar-refractivity contribution in [3.63, 3.8) is 0 Å². The molecule has 1 N–H and O–H groups in total. The molecule has 1 aromatic rings. The molecule has 2 fully saturated rings. The smallest absolute Gasteiger partial charge is 0.410 e. The Labute approximate surface area is 234 Å². The van der Waals surface area contributed by atoms with Gasteiger partial charge in [0.1, 0.15) is 12.1 Å². The van der Waals surface area contributed by atoms with Crippen molar-refractivity contribution < 1.29 is 29.0 Å². The summed E-state index contributed by atoms with van der Waals surface area (Å²) in [6.45, 7) is 6.02. The maximum absolute atomic E-state index is 13.5. The second-order valence-corrected chi connectivity index (χ2v) is 12.8. The lowest BCUT2D eigenvalue weighted by Crippen LogP contribution is -2.57. The van der Waals surface area contributed by atoms with Gasteiger partial charge in [0, 0.05) is 11.6 Å². The quantitative estimate of drug-likeness (QED) is 0.379. The first-order chi connectivity index (χ1) is 18.4. The topological polar surface area (TPSA) is 96.4 Å². The van der Waals surface area contributed by atoms with E-state index in [-0.39, 0.29) is 36.1 Å². The highest BCUT2D eigenvalue weighted by atomic mass is 16.6. The number of benzene rings is 1. The fourth-order valence-electron chi connectivity index (χ4n) is 5.94. The standard InChI is InChI=1S/C31H48N2O6/c1-30(2,3)22-38-29(37)33(26(28(35)36)20-27(34)39-25-14-10-7-11-15-25)24-16-18-31(19-17-24,32(4)5)21-23-12-8-6-9-13-23/h6,8-9,12-13,24-26H,7,10-11,14-22H2,1-5H3,(H,35,36). The lowest BCUT2D eigenvalue weighted by atomic mass is 9.74. The van der Waals surface area contributed by atoms with Gasteiger partial charge in [-0.15, -0.1) is 0 Å². The molecule has 0 aromatic heterocycles. The largest absolute Gasteiger partial charge is 0.480 e. The molecular formula is C31H48N2O6. The van der Waals surface area contributed by atoms with Crippen LogP contribution in [0.3, 0.4) is 0 Å². The first-order valence-electron chi connectivity index (χ1n) is 14.5. The zero-order chi connectivity index (χ0) is 28.6. The summed E-state index contributed by atoms with van der Waals surface area (Å²) < 4.78 is 11.3. The molecule has 1 unspecified atom stereocenters. The number of hydrogen-bond donors (Lipinski definition) is 1. The summed E-state index contributed by atoms with van der Waals surface area (Å²) >= 11 is 0. The van der Waals surface area contributed by atoms with Crippen LogP contribution in [0.25, 0.3) is 0 Å². The van der Waals surface area contributed by atoms with Crippen molar-refractivity contribution in [2.75, 3.05) is 20.7 Å². The van der Waals surface area contributed by atoms with Crippen molar-refractivity contribution in [3.05, 3.63) is 35.9 Å². The summed E-state index contributed by atoms with van der Waals surface area (Å²) in [6.07, 6.45) is 7.22. The number of carboxylic acids is 1. The second kappa shape index (κ2) is 13.6. The molecule has 8 heteroatoms. The van der Waals surface area contributed by atoms with Crippen molar-refractivity contribution in [3.8, 4) is 0 Å². The molecule has 218 valence electrons. The fraction of sp³-hybridized carbons (Fsp3) is 0.710. The summed E-state index contributed by atoms with van der Waals surface area (Å²) in [5, 5.41) is 10.2. The van der Waals surface area contributed by atoms with E-state index in [1.807, 2.05) is 39.0 Å². The SMILES string of the molecule is CN(C)C1(Cc2ccccc2)CCC(N(C(=O)OCC(C)(C)C)C(CC(=O)OC2CCCCC2)C(=O)O)CC1. The van der Waals surface area contributed by atoms with E-state index in [4.69, 9.17) is 9.47 Å². The van der Waals surface area contributed by atoms with Crippen LogP contribution in [0, 0.1) is 5.41 Å². The van der Waals surface area contributed by atoms with E-state index in [2.05, 4.69) is 31.1 Å². The lowest BCUT2D eigenvalue weighted by Gasteiger charge is -2.48. The van der Waals surface area contributed by atoms with Crippen LogP contribution in [0.2, 0.25) is 0 Å². The molecule has 0 spiro atoms. The predicted octanol–water partition coefficient (Wildman–Crippen LogP) is 5.68. The number of hydrogen-bond acceptors (Lipinski definition) is 6. The van der Waals surface area contributed by atoms with Crippen LogP contribution in [0.4, 0.5) is 4.79 Å². The maximum atomic E-state index is 13.5. The highest BCUT2D eigenvalue weighted by Gasteiger charge is 2.44. The lowest BCUT2D eigenvalue weighted by molar-refractivity contribution is -0.157. The first kappa shape index (κ1) is 30.9. The molecule has 3 rings (SSSR count). The van der Waals surface area contributed by atoms with Crippen molar-refractivity contribution in [2.45, 2.75) is 115 Å². The van der Waals surface area contributed by atoms with E-state index >= 15 is 0 Å². The van der Waals surface area contributed by atoms with Crippen LogP contribution in [-0.2, 0) is 25.5 Å². The zero-order valence-electron chi connectivity index (χ0n) is 24.5. The Kier molecular flexibility index (Phi) is 10.8. The van der Waals surface area contributed by atoms with Gasteiger partial charge in [0.25, 0.3) is 0 Å². The normalized spacial score (nSPS) is 23.2. The number of amides is 1. The predicted molar refractivity (Wildman–Crippen MR) is 150 cm³/mol. The van der Waals surface area contributed by atoms with E-state index in [9.17, 15) is 19.5 Å². The van der Waals surface area contributed by atoms with E-state index in [0.717, 1.165) is 51.4 Å². The highest BCUT2D eigenvalue weighted by molar-refractivity contribution is 5.85. The van der Waals surface area contributed by atoms with Crippen LogP contribution in [0.5, 0.6) is 0 Å². The minimum atomic E-state index is -1.33. The van der Waals surface area contributed by atoms with Gasteiger partial charge in [0.15, 0.2) is 0 Å². The molecule has 8 nitrogen and oxygen atoms in total. The Morgan fingerprint density at radius 2 is 1.62 bits per heavy atom. The minimum Gasteiger partial charge on any atom is -0.480 e. The third kappa shape index (κ3) is 8.95. The average Bonchev–Trinajstić information content (AvgIpc) is 2.88. The van der Waals surface area contributed by atoms with Crippen LogP contribution < -0.4 is 0 Å². The van der Waals surface area contributed by atoms with E-state index < -0.39 is 24.1 Å². The number of aliphatic carboxylic acids is 1. The molecule has 0 aliphatic heterocycles. The maximum Gasteiger partial charge on any atom is 0.410 e. The number of carbonyl (C=O) groups excluding carboxylic acids is 2. The van der Waals surface area contributed by atoms with Crippen molar-refractivity contribution in [2.24, 2.45) is 5.41 Å². The van der Waals surface area contributed by atoms with E-state index in [1.165, 1.54) is 10.5 Å². The van der Waals surface area contributed by atoms with Crippen molar-refractivity contribution >= 4 is 18.0 Å². The Balaban J connectivity index is 1.79. The molecule has 1 amide bonds. The summed E-state index contributed by atoms with van der Waals surface area (Å²) in [5.41, 5.74) is 0.875. The Hall–Kier alpha value is -2.61. The van der Waals surface area contributed by atoms with Crippen molar-refractivity contribution in [1.82, 2.24) is 9.80 Å². The number of nitrogens with zero attached hydrogens (tertiary/aromatic N) is 2. The fourth-order valence-corrected chi connectivity index (χ4v) is 5.94.